The molecule has 6 nitrogen and oxygen atoms in total. The first kappa shape index (κ1) is 22.4. The van der Waals surface area contributed by atoms with Crippen molar-refractivity contribution in [2.45, 2.75) is 71.1 Å². The van der Waals surface area contributed by atoms with E-state index in [2.05, 4.69) is 12.2 Å². The summed E-state index contributed by atoms with van der Waals surface area (Å²) in [5, 5.41) is 22.7. The van der Waals surface area contributed by atoms with Gasteiger partial charge in [-0.2, -0.15) is 0 Å². The number of hydrogen-bond donors (Lipinski definition) is 3. The molecule has 3 N–H and O–H groups in total. The van der Waals surface area contributed by atoms with Crippen LogP contribution in [0.5, 0.6) is 0 Å². The van der Waals surface area contributed by atoms with E-state index < -0.39 is 12.0 Å². The molecule has 6 heteroatoms. The molecule has 28 heavy (non-hydrogen) atoms. The number of likely N-dealkylation sites (tertiary alicyclic amines) is 1. The molecule has 0 bridgehead atoms. The van der Waals surface area contributed by atoms with Crippen molar-refractivity contribution in [3.05, 3.63) is 35.9 Å². The van der Waals surface area contributed by atoms with Crippen molar-refractivity contribution in [3.63, 3.8) is 0 Å². The van der Waals surface area contributed by atoms with E-state index in [1.807, 2.05) is 42.2 Å². The lowest BCUT2D eigenvalue weighted by molar-refractivity contribution is -0.143. The first-order valence-electron chi connectivity index (χ1n) is 10.3. The minimum atomic E-state index is -0.834. The zero-order valence-electron chi connectivity index (χ0n) is 17.2. The number of amides is 1. The maximum atomic E-state index is 11.9. The summed E-state index contributed by atoms with van der Waals surface area (Å²) in [6, 6.07) is 9.26. The number of aliphatic hydroxyl groups is 1. The van der Waals surface area contributed by atoms with Gasteiger partial charge in [0.1, 0.15) is 6.04 Å². The predicted octanol–water partition coefficient (Wildman–Crippen LogP) is 2.65. The van der Waals surface area contributed by atoms with E-state index >= 15 is 0 Å². The quantitative estimate of drug-likeness (QED) is 0.571. The number of nitrogens with zero attached hydrogens (tertiary/aromatic N) is 1. The van der Waals surface area contributed by atoms with Gasteiger partial charge >= 0.3 is 5.97 Å². The van der Waals surface area contributed by atoms with Crippen LogP contribution in [0, 0.1) is 11.8 Å². The van der Waals surface area contributed by atoms with Crippen molar-refractivity contribution in [2.24, 2.45) is 11.8 Å². The van der Waals surface area contributed by atoms with Crippen LogP contribution in [0.3, 0.4) is 0 Å². The summed E-state index contributed by atoms with van der Waals surface area (Å²) in [6.45, 7) is 6.18. The average Bonchev–Trinajstić information content (AvgIpc) is 2.99. The predicted molar refractivity (Wildman–Crippen MR) is 109 cm³/mol. The van der Waals surface area contributed by atoms with Crippen LogP contribution in [0.1, 0.15) is 52.0 Å². The number of carbonyl (C=O) groups is 2. The Morgan fingerprint density at radius 2 is 1.96 bits per heavy atom. The second-order valence-corrected chi connectivity index (χ2v) is 8.03. The number of carbonyl (C=O) groups excluding carboxylic acids is 1. The fraction of sp³-hybridized carbons (Fsp3) is 0.636. The van der Waals surface area contributed by atoms with E-state index in [1.54, 1.807) is 0 Å². The third kappa shape index (κ3) is 5.79. The largest absolute Gasteiger partial charge is 0.480 e. The molecular formula is C22H34N2O4. The summed E-state index contributed by atoms with van der Waals surface area (Å²) >= 11 is 0. The molecule has 1 aliphatic heterocycles. The number of carboxylic acid groups (broad SMARTS) is 1. The van der Waals surface area contributed by atoms with E-state index in [0.29, 0.717) is 13.0 Å². The SMILES string of the molecule is CCCC(C[C@@H]1[C@H](CO)C[C@H](C(=O)O)N1Cc1ccccc1)C(C)NC(C)=O. The molecule has 1 fully saturated rings. The van der Waals surface area contributed by atoms with Gasteiger partial charge in [-0.05, 0) is 43.6 Å². The maximum absolute atomic E-state index is 11.9. The molecule has 0 radical (unpaired) electrons. The molecular weight excluding hydrogens is 356 g/mol. The molecule has 0 saturated carbocycles. The van der Waals surface area contributed by atoms with E-state index in [9.17, 15) is 19.8 Å². The van der Waals surface area contributed by atoms with Gasteiger partial charge in [0.2, 0.25) is 5.91 Å². The third-order valence-electron chi connectivity index (χ3n) is 5.97. The van der Waals surface area contributed by atoms with Crippen molar-refractivity contribution in [2.75, 3.05) is 6.61 Å². The van der Waals surface area contributed by atoms with E-state index in [4.69, 9.17) is 0 Å². The Hall–Kier alpha value is -1.92. The van der Waals surface area contributed by atoms with Gasteiger partial charge in [0.05, 0.1) is 0 Å². The van der Waals surface area contributed by atoms with Gasteiger partial charge < -0.3 is 15.5 Å². The van der Waals surface area contributed by atoms with E-state index in [0.717, 1.165) is 24.8 Å². The Labute approximate surface area is 167 Å². The molecule has 5 atom stereocenters. The molecule has 1 aromatic rings. The summed E-state index contributed by atoms with van der Waals surface area (Å²) in [4.78, 5) is 25.5. The van der Waals surface area contributed by atoms with Gasteiger partial charge in [0, 0.05) is 32.2 Å². The topological polar surface area (TPSA) is 89.9 Å². The van der Waals surface area contributed by atoms with Gasteiger partial charge in [0.25, 0.3) is 0 Å². The minimum absolute atomic E-state index is 0.0132. The number of aliphatic hydroxyl groups excluding tert-OH is 1. The monoisotopic (exact) mass is 390 g/mol. The molecule has 0 aromatic heterocycles. The first-order valence-corrected chi connectivity index (χ1v) is 10.3. The number of hydrogen-bond acceptors (Lipinski definition) is 4. The lowest BCUT2D eigenvalue weighted by atomic mass is 9.85. The molecule has 1 heterocycles. The van der Waals surface area contributed by atoms with Crippen LogP contribution in [-0.2, 0) is 16.1 Å². The van der Waals surface area contributed by atoms with Gasteiger partial charge in [0.15, 0.2) is 0 Å². The Balaban J connectivity index is 2.26. The number of rotatable bonds is 10. The molecule has 0 aliphatic carbocycles. The third-order valence-corrected chi connectivity index (χ3v) is 5.97. The van der Waals surface area contributed by atoms with Crippen molar-refractivity contribution in [3.8, 4) is 0 Å². The maximum Gasteiger partial charge on any atom is 0.320 e. The minimum Gasteiger partial charge on any atom is -0.480 e. The highest BCUT2D eigenvalue weighted by molar-refractivity contribution is 5.74. The summed E-state index contributed by atoms with van der Waals surface area (Å²) in [6.07, 6.45) is 3.16. The fourth-order valence-corrected chi connectivity index (χ4v) is 4.56. The van der Waals surface area contributed by atoms with Crippen LogP contribution >= 0.6 is 0 Å². The fourth-order valence-electron chi connectivity index (χ4n) is 4.56. The number of carboxylic acids is 1. The number of nitrogens with one attached hydrogen (secondary N) is 1. The van der Waals surface area contributed by atoms with Gasteiger partial charge in [-0.25, -0.2) is 0 Å². The van der Waals surface area contributed by atoms with Crippen molar-refractivity contribution in [1.82, 2.24) is 10.2 Å². The molecule has 1 aliphatic rings. The van der Waals surface area contributed by atoms with Crippen LogP contribution < -0.4 is 5.32 Å². The van der Waals surface area contributed by atoms with E-state index in [1.165, 1.54) is 6.92 Å². The van der Waals surface area contributed by atoms with Gasteiger partial charge in [-0.15, -0.1) is 0 Å². The Morgan fingerprint density at radius 3 is 2.50 bits per heavy atom. The summed E-state index contributed by atoms with van der Waals surface area (Å²) in [5.74, 6) is -0.727. The summed E-state index contributed by atoms with van der Waals surface area (Å²) in [5.41, 5.74) is 1.07. The molecule has 1 aromatic carbocycles. The zero-order chi connectivity index (χ0) is 20.7. The molecule has 1 amide bonds. The Morgan fingerprint density at radius 1 is 1.29 bits per heavy atom. The van der Waals surface area contributed by atoms with Gasteiger partial charge in [-0.3, -0.25) is 14.5 Å². The second kappa shape index (κ2) is 10.6. The normalized spacial score (nSPS) is 24.6. The average molecular weight is 391 g/mol. The Bertz CT molecular complexity index is 637. The number of aliphatic carboxylic acids is 1. The zero-order valence-corrected chi connectivity index (χ0v) is 17.2. The van der Waals surface area contributed by atoms with Crippen LogP contribution in [0.15, 0.2) is 30.3 Å². The van der Waals surface area contributed by atoms with Crippen molar-refractivity contribution in [1.29, 1.82) is 0 Å². The van der Waals surface area contributed by atoms with Gasteiger partial charge in [-0.1, -0.05) is 43.7 Å². The lowest BCUT2D eigenvalue weighted by Crippen LogP contribution is -2.45. The van der Waals surface area contributed by atoms with Crippen molar-refractivity contribution < 1.29 is 19.8 Å². The van der Waals surface area contributed by atoms with E-state index in [-0.39, 0.29) is 36.4 Å². The first-order chi connectivity index (χ1) is 13.4. The standard InChI is InChI=1S/C22H34N2O4/c1-4-8-18(15(2)23-16(3)26)11-20-19(14-25)12-21(22(27)28)24(20)13-17-9-6-5-7-10-17/h5-7,9-10,15,18-21,25H,4,8,11-14H2,1-3H3,(H,23,26)(H,27,28)/t15?,18?,19-,20+,21+/m0/s1. The highest BCUT2D eigenvalue weighted by Gasteiger charge is 2.45. The molecule has 0 spiro atoms. The second-order valence-electron chi connectivity index (χ2n) is 8.03. The van der Waals surface area contributed by atoms with Crippen LogP contribution in [0.2, 0.25) is 0 Å². The smallest absolute Gasteiger partial charge is 0.320 e. The highest BCUT2D eigenvalue weighted by Crippen LogP contribution is 2.36. The summed E-state index contributed by atoms with van der Waals surface area (Å²) < 4.78 is 0. The molecule has 1 saturated heterocycles. The molecule has 2 unspecified atom stereocenters. The molecule has 2 rings (SSSR count). The Kier molecular flexibility index (Phi) is 8.45. The summed E-state index contributed by atoms with van der Waals surface area (Å²) in [7, 11) is 0. The highest BCUT2D eigenvalue weighted by atomic mass is 16.4. The lowest BCUT2D eigenvalue weighted by Gasteiger charge is -2.35. The van der Waals surface area contributed by atoms with Crippen LogP contribution in [0.4, 0.5) is 0 Å². The number of benzene rings is 1. The molecule has 156 valence electrons. The van der Waals surface area contributed by atoms with Crippen LogP contribution in [0.25, 0.3) is 0 Å². The van der Waals surface area contributed by atoms with Crippen molar-refractivity contribution >= 4 is 11.9 Å². The van der Waals surface area contributed by atoms with Crippen LogP contribution in [-0.4, -0.2) is 51.7 Å².